The summed E-state index contributed by atoms with van der Waals surface area (Å²) in [5.74, 6) is -0.668. The van der Waals surface area contributed by atoms with Crippen LogP contribution in [0.25, 0.3) is 0 Å². The number of halogens is 3. The molecule has 0 amide bonds. The first-order chi connectivity index (χ1) is 11.5. The predicted molar refractivity (Wildman–Crippen MR) is 100 cm³/mol. The molecule has 25 heavy (non-hydrogen) atoms. The fourth-order valence-electron chi connectivity index (χ4n) is 3.08. The van der Waals surface area contributed by atoms with E-state index < -0.39 is 0 Å². The zero-order chi connectivity index (χ0) is 17.3. The molecule has 2 aromatic rings. The van der Waals surface area contributed by atoms with Gasteiger partial charge in [0.2, 0.25) is 5.96 Å². The summed E-state index contributed by atoms with van der Waals surface area (Å²) in [5, 5.41) is 12.0. The van der Waals surface area contributed by atoms with Gasteiger partial charge in [-0.25, -0.2) is 9.82 Å². The van der Waals surface area contributed by atoms with Gasteiger partial charge in [-0.1, -0.05) is 11.6 Å². The molecule has 0 bridgehead atoms. The van der Waals surface area contributed by atoms with Crippen molar-refractivity contribution in [1.29, 1.82) is 5.41 Å². The highest BCUT2D eigenvalue weighted by atomic mass is 35.5. The van der Waals surface area contributed by atoms with Gasteiger partial charge < -0.3 is 5.73 Å². The largest absolute Gasteiger partial charge is 0.369 e. The second-order valence-electron chi connectivity index (χ2n) is 5.80. The van der Waals surface area contributed by atoms with Gasteiger partial charge >= 0.3 is 0 Å². The van der Waals surface area contributed by atoms with Crippen molar-refractivity contribution in [3.63, 3.8) is 0 Å². The summed E-state index contributed by atoms with van der Waals surface area (Å²) < 4.78 is 14.3. The molecule has 1 aromatic heterocycles. The lowest BCUT2D eigenvalue weighted by molar-refractivity contribution is 0.571. The maximum atomic E-state index is 14.3. The Hall–Kier alpha value is -2.18. The van der Waals surface area contributed by atoms with Crippen LogP contribution in [0.15, 0.2) is 35.6 Å². The molecular weight excluding hydrogens is 364 g/mol. The number of pyridine rings is 1. The van der Waals surface area contributed by atoms with Crippen LogP contribution in [0.3, 0.4) is 0 Å². The number of hydrogen-bond acceptors (Lipinski definition) is 3. The van der Waals surface area contributed by atoms with E-state index in [2.05, 4.69) is 15.5 Å². The first kappa shape index (κ1) is 19.1. The molecule has 0 radical (unpaired) electrons. The Balaban J connectivity index is 0.00000225. The number of aryl methyl sites for hydroxylation is 1. The maximum Gasteiger partial charge on any atom is 0.206 e. The fourth-order valence-corrected chi connectivity index (χ4v) is 3.26. The van der Waals surface area contributed by atoms with Crippen LogP contribution in [0.4, 0.5) is 4.39 Å². The number of aromatic nitrogens is 1. The van der Waals surface area contributed by atoms with E-state index in [0.717, 1.165) is 16.8 Å². The number of fused-ring (bicyclic) bond motifs is 1. The smallest absolute Gasteiger partial charge is 0.206 e. The zero-order valence-electron chi connectivity index (χ0n) is 13.5. The van der Waals surface area contributed by atoms with Gasteiger partial charge in [0.1, 0.15) is 5.82 Å². The molecule has 0 aliphatic heterocycles. The summed E-state index contributed by atoms with van der Waals surface area (Å²) in [6, 6.07) is 6.47. The summed E-state index contributed by atoms with van der Waals surface area (Å²) in [4.78, 5) is 4.44. The maximum absolute atomic E-state index is 14.3. The number of hydrogen-bond donors (Lipinski definition) is 3. The normalized spacial score (nSPS) is 17.6. The Morgan fingerprint density at radius 3 is 2.88 bits per heavy atom. The van der Waals surface area contributed by atoms with Crippen LogP contribution in [0.1, 0.15) is 34.7 Å². The second-order valence-corrected chi connectivity index (χ2v) is 6.24. The van der Waals surface area contributed by atoms with Crippen molar-refractivity contribution in [2.45, 2.75) is 25.7 Å². The molecule has 1 atom stereocenters. The number of guanidine groups is 1. The molecule has 1 unspecified atom stereocenters. The van der Waals surface area contributed by atoms with E-state index in [0.29, 0.717) is 29.1 Å². The molecule has 1 aliphatic rings. The summed E-state index contributed by atoms with van der Waals surface area (Å²) in [7, 11) is 0. The predicted octanol–water partition coefficient (Wildman–Crippen LogP) is 3.52. The highest BCUT2D eigenvalue weighted by Crippen LogP contribution is 2.35. The van der Waals surface area contributed by atoms with E-state index in [-0.39, 0.29) is 30.1 Å². The lowest BCUT2D eigenvalue weighted by atomic mass is 9.80. The van der Waals surface area contributed by atoms with Crippen LogP contribution in [0, 0.1) is 18.2 Å². The van der Waals surface area contributed by atoms with Crippen LogP contribution in [-0.4, -0.2) is 16.7 Å². The van der Waals surface area contributed by atoms with E-state index in [1.807, 2.05) is 13.0 Å². The number of nitrogens with two attached hydrogens (primary N) is 1. The van der Waals surface area contributed by atoms with Gasteiger partial charge in [-0.3, -0.25) is 10.4 Å². The topological polar surface area (TPSA) is 87.2 Å². The van der Waals surface area contributed by atoms with Gasteiger partial charge in [0.05, 0.1) is 11.4 Å². The van der Waals surface area contributed by atoms with Gasteiger partial charge in [-0.15, -0.1) is 12.4 Å². The number of benzene rings is 1. The minimum atomic E-state index is -0.292. The fraction of sp³-hybridized carbons (Fsp3) is 0.235. The quantitative estimate of drug-likeness (QED) is 0.422. The van der Waals surface area contributed by atoms with Gasteiger partial charge in [-0.05, 0) is 61.1 Å². The van der Waals surface area contributed by atoms with Gasteiger partial charge in [-0.2, -0.15) is 5.10 Å². The van der Waals surface area contributed by atoms with E-state index in [4.69, 9.17) is 22.7 Å². The number of nitrogens with zero attached hydrogens (tertiary/aromatic N) is 2. The molecule has 8 heteroatoms. The molecule has 3 rings (SSSR count). The minimum absolute atomic E-state index is 0. The van der Waals surface area contributed by atoms with E-state index in [1.54, 1.807) is 12.3 Å². The summed E-state index contributed by atoms with van der Waals surface area (Å²) >= 11 is 6.03. The molecule has 0 saturated carbocycles. The summed E-state index contributed by atoms with van der Waals surface area (Å²) in [6.45, 7) is 1.98. The number of hydrazone groups is 1. The van der Waals surface area contributed by atoms with Crippen LogP contribution in [-0.2, 0) is 6.42 Å². The van der Waals surface area contributed by atoms with Crippen molar-refractivity contribution in [1.82, 2.24) is 10.4 Å². The SMILES string of the molecule is Cc1ccnc2c1C(=NNC(=N)N)CC(c1cc(Cl)ccc1F)C2.Cl. The van der Waals surface area contributed by atoms with E-state index in [9.17, 15) is 4.39 Å². The molecule has 0 spiro atoms. The molecule has 0 fully saturated rings. The lowest BCUT2D eigenvalue weighted by Crippen LogP contribution is -2.29. The molecule has 0 saturated heterocycles. The van der Waals surface area contributed by atoms with Crippen molar-refractivity contribution < 1.29 is 4.39 Å². The first-order valence-corrected chi connectivity index (χ1v) is 7.90. The van der Waals surface area contributed by atoms with E-state index >= 15 is 0 Å². The number of nitrogens with one attached hydrogen (secondary N) is 2. The van der Waals surface area contributed by atoms with E-state index in [1.165, 1.54) is 12.1 Å². The third kappa shape index (κ3) is 4.08. The minimum Gasteiger partial charge on any atom is -0.369 e. The first-order valence-electron chi connectivity index (χ1n) is 7.52. The van der Waals surface area contributed by atoms with Crippen molar-refractivity contribution in [2.24, 2.45) is 10.8 Å². The van der Waals surface area contributed by atoms with Gasteiger partial charge in [0.15, 0.2) is 0 Å². The Kier molecular flexibility index (Phi) is 5.98. The van der Waals surface area contributed by atoms with Crippen LogP contribution < -0.4 is 11.2 Å². The van der Waals surface area contributed by atoms with Gasteiger partial charge in [0.25, 0.3) is 0 Å². The summed E-state index contributed by atoms with van der Waals surface area (Å²) in [5.41, 5.74) is 11.9. The average molecular weight is 382 g/mol. The molecule has 132 valence electrons. The van der Waals surface area contributed by atoms with Crippen molar-refractivity contribution in [3.05, 3.63) is 63.7 Å². The molecule has 4 N–H and O–H groups in total. The highest BCUT2D eigenvalue weighted by molar-refractivity contribution is 6.30. The van der Waals surface area contributed by atoms with Crippen LogP contribution in [0.5, 0.6) is 0 Å². The Labute approximate surface area is 156 Å². The zero-order valence-corrected chi connectivity index (χ0v) is 15.1. The van der Waals surface area contributed by atoms with Crippen molar-refractivity contribution >= 4 is 35.7 Å². The number of rotatable bonds is 2. The molecular formula is C17H18Cl2FN5. The third-order valence-electron chi connectivity index (χ3n) is 4.12. The third-order valence-corrected chi connectivity index (χ3v) is 4.35. The second kappa shape index (κ2) is 7.80. The average Bonchev–Trinajstić information content (AvgIpc) is 2.54. The standard InChI is InChI=1S/C17H17ClFN5.ClH/c1-9-4-5-22-14-6-10(12-8-11(18)2-3-13(12)19)7-15(16(9)14)23-24-17(20)21;/h2-5,8,10H,6-7H2,1H3,(H4,20,21,24);1H. The molecule has 5 nitrogen and oxygen atoms in total. The molecule has 1 aromatic carbocycles. The van der Waals surface area contributed by atoms with Crippen LogP contribution in [0.2, 0.25) is 5.02 Å². The summed E-state index contributed by atoms with van der Waals surface area (Å²) in [6.07, 6.45) is 2.85. The van der Waals surface area contributed by atoms with Gasteiger partial charge in [0, 0.05) is 16.8 Å². The molecule has 1 aliphatic carbocycles. The van der Waals surface area contributed by atoms with Crippen LogP contribution >= 0.6 is 24.0 Å². The molecule has 1 heterocycles. The Morgan fingerprint density at radius 2 is 2.16 bits per heavy atom. The van der Waals surface area contributed by atoms with Crippen molar-refractivity contribution in [2.75, 3.05) is 0 Å². The Bertz CT molecular complexity index is 838. The lowest BCUT2D eigenvalue weighted by Gasteiger charge is -2.27. The Morgan fingerprint density at radius 1 is 1.40 bits per heavy atom. The van der Waals surface area contributed by atoms with Crippen molar-refractivity contribution in [3.8, 4) is 0 Å². The monoisotopic (exact) mass is 381 g/mol. The highest BCUT2D eigenvalue weighted by Gasteiger charge is 2.29.